The Bertz CT molecular complexity index is 781. The number of carbonyl (C=O) groups is 1. The summed E-state index contributed by atoms with van der Waals surface area (Å²) in [5.74, 6) is -2.37. The van der Waals surface area contributed by atoms with Gasteiger partial charge in [-0.2, -0.15) is 0 Å². The average molecular weight is 362 g/mol. The highest BCUT2D eigenvalue weighted by atomic mass is 19.2. The topological polar surface area (TPSA) is 32.3 Å². The molecule has 1 amide bonds. The lowest BCUT2D eigenvalue weighted by Gasteiger charge is -2.32. The summed E-state index contributed by atoms with van der Waals surface area (Å²) in [5.41, 5.74) is 0.999. The van der Waals surface area contributed by atoms with Gasteiger partial charge >= 0.3 is 0 Å². The number of rotatable bonds is 6. The molecule has 6 heteroatoms. The predicted molar refractivity (Wildman–Crippen MR) is 92.6 cm³/mol. The van der Waals surface area contributed by atoms with Crippen molar-refractivity contribution in [2.75, 3.05) is 13.1 Å². The largest absolute Gasteiger partial charge is 0.338 e. The molecule has 2 aromatic rings. The van der Waals surface area contributed by atoms with Crippen molar-refractivity contribution in [2.24, 2.45) is 5.92 Å². The molecule has 2 aromatic carbocycles. The first-order valence-corrected chi connectivity index (χ1v) is 8.71. The summed E-state index contributed by atoms with van der Waals surface area (Å²) in [4.78, 5) is 14.2. The van der Waals surface area contributed by atoms with Gasteiger partial charge in [-0.05, 0) is 36.6 Å². The van der Waals surface area contributed by atoms with Gasteiger partial charge in [0.05, 0.1) is 5.92 Å². The third-order valence-electron chi connectivity index (χ3n) is 4.64. The van der Waals surface area contributed by atoms with E-state index in [-0.39, 0.29) is 29.8 Å². The lowest BCUT2D eigenvalue weighted by Crippen LogP contribution is -2.44. The number of hydrogen-bond donors (Lipinski definition) is 1. The van der Waals surface area contributed by atoms with Crippen LogP contribution in [0.2, 0.25) is 0 Å². The molecule has 1 atom stereocenters. The number of nitrogens with zero attached hydrogens (tertiary/aromatic N) is 1. The van der Waals surface area contributed by atoms with Crippen molar-refractivity contribution >= 4 is 5.91 Å². The molecule has 3 nitrogen and oxygen atoms in total. The van der Waals surface area contributed by atoms with E-state index >= 15 is 0 Å². The van der Waals surface area contributed by atoms with Crippen molar-refractivity contribution in [3.05, 3.63) is 71.0 Å². The molecule has 1 heterocycles. The van der Waals surface area contributed by atoms with Gasteiger partial charge in [-0.15, -0.1) is 0 Å². The summed E-state index contributed by atoms with van der Waals surface area (Å²) in [5, 5.41) is 3.19. The van der Waals surface area contributed by atoms with Crippen LogP contribution < -0.4 is 5.32 Å². The van der Waals surface area contributed by atoms with E-state index in [1.807, 2.05) is 6.07 Å². The van der Waals surface area contributed by atoms with Gasteiger partial charge in [0, 0.05) is 31.7 Å². The number of carbonyl (C=O) groups excluding carboxylic acids is 1. The number of halogens is 3. The summed E-state index contributed by atoms with van der Waals surface area (Å²) in [6.45, 7) is 1.55. The SMILES string of the molecule is O=C1C(CNCc2cccc(F)c2)CCCN1Cc1cccc(F)c1F. The minimum absolute atomic E-state index is 0.0633. The van der Waals surface area contributed by atoms with Crippen LogP contribution in [0.25, 0.3) is 0 Å². The van der Waals surface area contributed by atoms with Gasteiger partial charge in [0.2, 0.25) is 5.91 Å². The van der Waals surface area contributed by atoms with Crippen LogP contribution in [0.4, 0.5) is 13.2 Å². The molecule has 0 bridgehead atoms. The van der Waals surface area contributed by atoms with E-state index < -0.39 is 11.6 Å². The summed E-state index contributed by atoms with van der Waals surface area (Å²) in [6.07, 6.45) is 1.56. The van der Waals surface area contributed by atoms with E-state index in [4.69, 9.17) is 0 Å². The molecule has 1 fully saturated rings. The Balaban J connectivity index is 1.56. The van der Waals surface area contributed by atoms with Crippen LogP contribution in [0, 0.1) is 23.4 Å². The molecule has 0 saturated carbocycles. The van der Waals surface area contributed by atoms with E-state index in [9.17, 15) is 18.0 Å². The maximum Gasteiger partial charge on any atom is 0.227 e. The van der Waals surface area contributed by atoms with Crippen LogP contribution in [0.3, 0.4) is 0 Å². The highest BCUT2D eigenvalue weighted by Crippen LogP contribution is 2.21. The Morgan fingerprint density at radius 2 is 1.92 bits per heavy atom. The Morgan fingerprint density at radius 1 is 1.12 bits per heavy atom. The summed E-state index contributed by atoms with van der Waals surface area (Å²) < 4.78 is 40.4. The maximum atomic E-state index is 13.8. The number of piperidine rings is 1. The van der Waals surface area contributed by atoms with Crippen molar-refractivity contribution in [1.29, 1.82) is 0 Å². The monoisotopic (exact) mass is 362 g/mol. The molecule has 0 aliphatic carbocycles. The summed E-state index contributed by atoms with van der Waals surface area (Å²) in [7, 11) is 0. The predicted octanol–water partition coefficient (Wildman–Crippen LogP) is 3.63. The average Bonchev–Trinajstić information content (AvgIpc) is 2.62. The van der Waals surface area contributed by atoms with Crippen molar-refractivity contribution < 1.29 is 18.0 Å². The minimum atomic E-state index is -0.903. The van der Waals surface area contributed by atoms with Crippen LogP contribution >= 0.6 is 0 Å². The van der Waals surface area contributed by atoms with Crippen LogP contribution in [-0.2, 0) is 17.9 Å². The fourth-order valence-corrected chi connectivity index (χ4v) is 3.28. The Hall–Kier alpha value is -2.34. The number of hydrogen-bond acceptors (Lipinski definition) is 2. The third kappa shape index (κ3) is 4.43. The molecule has 26 heavy (non-hydrogen) atoms. The van der Waals surface area contributed by atoms with E-state index in [2.05, 4.69) is 5.32 Å². The second-order valence-corrected chi connectivity index (χ2v) is 6.57. The van der Waals surface area contributed by atoms with E-state index in [1.165, 1.54) is 24.3 Å². The van der Waals surface area contributed by atoms with Crippen molar-refractivity contribution in [2.45, 2.75) is 25.9 Å². The smallest absolute Gasteiger partial charge is 0.227 e. The molecule has 1 saturated heterocycles. The number of likely N-dealkylation sites (tertiary alicyclic amines) is 1. The minimum Gasteiger partial charge on any atom is -0.338 e. The molecule has 0 spiro atoms. The normalized spacial score (nSPS) is 17.6. The standard InChI is InChI=1S/C20H21F3N2O/c21-17-7-1-4-14(10-17)11-24-12-15-6-3-9-25(20(15)26)13-16-5-2-8-18(22)19(16)23/h1-2,4-5,7-8,10,15,24H,3,6,9,11-13H2. The first-order chi connectivity index (χ1) is 12.5. The van der Waals surface area contributed by atoms with E-state index in [0.717, 1.165) is 24.5 Å². The highest BCUT2D eigenvalue weighted by molar-refractivity contribution is 5.79. The fraction of sp³-hybridized carbons (Fsp3) is 0.350. The first-order valence-electron chi connectivity index (χ1n) is 8.71. The number of nitrogens with one attached hydrogen (secondary N) is 1. The number of amides is 1. The maximum absolute atomic E-state index is 13.8. The van der Waals surface area contributed by atoms with Gasteiger partial charge in [0.15, 0.2) is 11.6 Å². The first kappa shape index (κ1) is 18.5. The molecular weight excluding hydrogens is 341 g/mol. The second kappa shape index (κ2) is 8.36. The third-order valence-corrected chi connectivity index (χ3v) is 4.64. The van der Waals surface area contributed by atoms with Crippen molar-refractivity contribution in [3.8, 4) is 0 Å². The quantitative estimate of drug-likeness (QED) is 0.851. The highest BCUT2D eigenvalue weighted by Gasteiger charge is 2.29. The zero-order chi connectivity index (χ0) is 18.5. The van der Waals surface area contributed by atoms with Crippen molar-refractivity contribution in [3.63, 3.8) is 0 Å². The van der Waals surface area contributed by atoms with Crippen LogP contribution in [0.15, 0.2) is 42.5 Å². The van der Waals surface area contributed by atoms with Crippen LogP contribution in [-0.4, -0.2) is 23.9 Å². The molecule has 0 radical (unpaired) electrons. The molecule has 0 aromatic heterocycles. The molecule has 3 rings (SSSR count). The molecular formula is C20H21F3N2O. The van der Waals surface area contributed by atoms with Gasteiger partial charge in [0.25, 0.3) is 0 Å². The molecule has 1 aliphatic heterocycles. The lowest BCUT2D eigenvalue weighted by atomic mass is 9.96. The van der Waals surface area contributed by atoms with E-state index in [1.54, 1.807) is 11.0 Å². The summed E-state index contributed by atoms with van der Waals surface area (Å²) in [6, 6.07) is 10.3. The van der Waals surface area contributed by atoms with Crippen molar-refractivity contribution in [1.82, 2.24) is 10.2 Å². The fourth-order valence-electron chi connectivity index (χ4n) is 3.28. The zero-order valence-electron chi connectivity index (χ0n) is 14.4. The molecule has 1 unspecified atom stereocenters. The van der Waals surface area contributed by atoms with Crippen LogP contribution in [0.5, 0.6) is 0 Å². The molecule has 1 aliphatic rings. The van der Waals surface area contributed by atoms with Crippen LogP contribution in [0.1, 0.15) is 24.0 Å². The van der Waals surface area contributed by atoms with E-state index in [0.29, 0.717) is 19.6 Å². The second-order valence-electron chi connectivity index (χ2n) is 6.57. The van der Waals surface area contributed by atoms with Gasteiger partial charge in [-0.25, -0.2) is 13.2 Å². The summed E-state index contributed by atoms with van der Waals surface area (Å²) >= 11 is 0. The molecule has 138 valence electrons. The Labute approximate surface area is 150 Å². The molecule has 1 N–H and O–H groups in total. The van der Waals surface area contributed by atoms with Gasteiger partial charge < -0.3 is 10.2 Å². The zero-order valence-corrected chi connectivity index (χ0v) is 14.4. The van der Waals surface area contributed by atoms with Gasteiger partial charge in [-0.1, -0.05) is 24.3 Å². The van der Waals surface area contributed by atoms with Gasteiger partial charge in [0.1, 0.15) is 5.82 Å². The Kier molecular flexibility index (Phi) is 5.93. The lowest BCUT2D eigenvalue weighted by molar-refractivity contribution is -0.139. The number of benzene rings is 2. The Morgan fingerprint density at radius 3 is 2.73 bits per heavy atom. The van der Waals surface area contributed by atoms with Gasteiger partial charge in [-0.3, -0.25) is 4.79 Å².